The number of aliphatic hydroxyl groups is 1. The summed E-state index contributed by atoms with van der Waals surface area (Å²) in [5.41, 5.74) is 5.25. The van der Waals surface area contributed by atoms with Gasteiger partial charge in [0.1, 0.15) is 0 Å². The lowest BCUT2D eigenvalue weighted by Crippen LogP contribution is -2.25. The van der Waals surface area contributed by atoms with E-state index >= 15 is 0 Å². The quantitative estimate of drug-likeness (QED) is 0.451. The molecule has 62 valence electrons. The van der Waals surface area contributed by atoms with Crippen LogP contribution in [0.5, 0.6) is 0 Å². The minimum atomic E-state index is -0.148. The third-order valence-electron chi connectivity index (χ3n) is 1.45. The molecule has 0 aromatic carbocycles. The van der Waals surface area contributed by atoms with Gasteiger partial charge in [-0.3, -0.25) is 0 Å². The summed E-state index contributed by atoms with van der Waals surface area (Å²) in [5.74, 6) is 0. The fourth-order valence-corrected chi connectivity index (χ4v) is 0.700. The van der Waals surface area contributed by atoms with E-state index in [1.807, 2.05) is 6.92 Å². The third kappa shape index (κ3) is 6.01. The standard InChI is InChI=1S/C7H18N2O/c1-2-7(10)3-5-9-6-4-8/h7,9-10H,2-6,8H2,1H3. The molecule has 0 amide bonds. The van der Waals surface area contributed by atoms with Gasteiger partial charge >= 0.3 is 0 Å². The summed E-state index contributed by atoms with van der Waals surface area (Å²) in [4.78, 5) is 0. The van der Waals surface area contributed by atoms with Gasteiger partial charge in [0.15, 0.2) is 0 Å². The number of hydrogen-bond acceptors (Lipinski definition) is 3. The van der Waals surface area contributed by atoms with E-state index < -0.39 is 0 Å². The molecule has 0 fully saturated rings. The predicted molar refractivity (Wildman–Crippen MR) is 42.8 cm³/mol. The van der Waals surface area contributed by atoms with E-state index in [4.69, 9.17) is 10.8 Å². The van der Waals surface area contributed by atoms with Crippen molar-refractivity contribution in [1.82, 2.24) is 5.32 Å². The lowest BCUT2D eigenvalue weighted by Gasteiger charge is -2.07. The molecule has 0 saturated heterocycles. The Balaban J connectivity index is 2.89. The fourth-order valence-electron chi connectivity index (χ4n) is 0.700. The summed E-state index contributed by atoms with van der Waals surface area (Å²) in [5, 5.41) is 12.2. The zero-order chi connectivity index (χ0) is 7.82. The van der Waals surface area contributed by atoms with Gasteiger partial charge in [-0.2, -0.15) is 0 Å². The maximum Gasteiger partial charge on any atom is 0.0549 e. The van der Waals surface area contributed by atoms with Crippen LogP contribution in [0, 0.1) is 0 Å². The highest BCUT2D eigenvalue weighted by Crippen LogP contribution is 1.93. The van der Waals surface area contributed by atoms with E-state index in [1.165, 1.54) is 0 Å². The summed E-state index contributed by atoms with van der Waals surface area (Å²) < 4.78 is 0. The van der Waals surface area contributed by atoms with Gasteiger partial charge in [-0.05, 0) is 19.4 Å². The lowest BCUT2D eigenvalue weighted by molar-refractivity contribution is 0.160. The molecule has 4 N–H and O–H groups in total. The summed E-state index contributed by atoms with van der Waals surface area (Å²) in [6, 6.07) is 0. The SMILES string of the molecule is CCC(O)CCNCCN. The second-order valence-electron chi connectivity index (χ2n) is 2.39. The second-order valence-corrected chi connectivity index (χ2v) is 2.39. The zero-order valence-electron chi connectivity index (χ0n) is 6.64. The Labute approximate surface area is 62.6 Å². The van der Waals surface area contributed by atoms with Gasteiger partial charge in [0.25, 0.3) is 0 Å². The van der Waals surface area contributed by atoms with Crippen molar-refractivity contribution >= 4 is 0 Å². The Morgan fingerprint density at radius 3 is 2.70 bits per heavy atom. The Hall–Kier alpha value is -0.120. The second kappa shape index (κ2) is 6.99. The molecule has 0 rings (SSSR count). The first-order valence-electron chi connectivity index (χ1n) is 3.90. The largest absolute Gasteiger partial charge is 0.393 e. The Kier molecular flexibility index (Phi) is 6.91. The van der Waals surface area contributed by atoms with Crippen LogP contribution in [0.1, 0.15) is 19.8 Å². The third-order valence-corrected chi connectivity index (χ3v) is 1.45. The molecule has 3 nitrogen and oxygen atoms in total. The molecule has 0 aliphatic rings. The highest BCUT2D eigenvalue weighted by molar-refractivity contribution is 4.55. The van der Waals surface area contributed by atoms with Crippen molar-refractivity contribution in [2.75, 3.05) is 19.6 Å². The summed E-state index contributed by atoms with van der Waals surface area (Å²) in [7, 11) is 0. The van der Waals surface area contributed by atoms with Crippen molar-refractivity contribution in [3.63, 3.8) is 0 Å². The predicted octanol–water partition coefficient (Wildman–Crippen LogP) is -0.304. The monoisotopic (exact) mass is 146 g/mol. The topological polar surface area (TPSA) is 58.3 Å². The van der Waals surface area contributed by atoms with Crippen LogP contribution in [0.2, 0.25) is 0 Å². The molecule has 3 heteroatoms. The van der Waals surface area contributed by atoms with Gasteiger partial charge in [0.2, 0.25) is 0 Å². The van der Waals surface area contributed by atoms with Crippen molar-refractivity contribution in [3.8, 4) is 0 Å². The van der Waals surface area contributed by atoms with Gasteiger partial charge in [0.05, 0.1) is 6.10 Å². The van der Waals surface area contributed by atoms with Gasteiger partial charge < -0.3 is 16.2 Å². The van der Waals surface area contributed by atoms with Crippen LogP contribution in [0.25, 0.3) is 0 Å². The highest BCUT2D eigenvalue weighted by atomic mass is 16.3. The maximum absolute atomic E-state index is 9.09. The first-order chi connectivity index (χ1) is 4.81. The van der Waals surface area contributed by atoms with E-state index in [0.29, 0.717) is 6.54 Å². The Morgan fingerprint density at radius 2 is 2.20 bits per heavy atom. The molecule has 0 heterocycles. The van der Waals surface area contributed by atoms with Crippen LogP contribution < -0.4 is 11.1 Å². The summed E-state index contributed by atoms with van der Waals surface area (Å²) >= 11 is 0. The molecule has 0 aliphatic heterocycles. The number of rotatable bonds is 6. The van der Waals surface area contributed by atoms with Crippen molar-refractivity contribution in [2.24, 2.45) is 5.73 Å². The van der Waals surface area contributed by atoms with Gasteiger partial charge in [-0.1, -0.05) is 6.92 Å². The fraction of sp³-hybridized carbons (Fsp3) is 1.00. The van der Waals surface area contributed by atoms with Crippen LogP contribution in [0.15, 0.2) is 0 Å². The van der Waals surface area contributed by atoms with Crippen LogP contribution in [-0.2, 0) is 0 Å². The number of nitrogens with one attached hydrogen (secondary N) is 1. The molecule has 1 unspecified atom stereocenters. The van der Waals surface area contributed by atoms with Crippen molar-refractivity contribution in [1.29, 1.82) is 0 Å². The molecule has 0 aliphatic carbocycles. The smallest absolute Gasteiger partial charge is 0.0549 e. The summed E-state index contributed by atoms with van der Waals surface area (Å²) in [6.07, 6.45) is 1.52. The average Bonchev–Trinajstić information content (AvgIpc) is 1.98. The normalized spacial score (nSPS) is 13.5. The number of hydrogen-bond donors (Lipinski definition) is 3. The molecule has 10 heavy (non-hydrogen) atoms. The molecule has 1 atom stereocenters. The van der Waals surface area contributed by atoms with Gasteiger partial charge in [-0.15, -0.1) is 0 Å². The number of aliphatic hydroxyl groups excluding tert-OH is 1. The van der Waals surface area contributed by atoms with Crippen molar-refractivity contribution in [3.05, 3.63) is 0 Å². The summed E-state index contributed by atoms with van der Waals surface area (Å²) in [6.45, 7) is 4.36. The molecule has 0 radical (unpaired) electrons. The molecular weight excluding hydrogens is 128 g/mol. The van der Waals surface area contributed by atoms with Crippen molar-refractivity contribution < 1.29 is 5.11 Å². The molecular formula is C7H18N2O. The van der Waals surface area contributed by atoms with Gasteiger partial charge in [-0.25, -0.2) is 0 Å². The van der Waals surface area contributed by atoms with E-state index in [0.717, 1.165) is 25.9 Å². The van der Waals surface area contributed by atoms with Crippen LogP contribution >= 0.6 is 0 Å². The number of nitrogens with two attached hydrogens (primary N) is 1. The molecule has 0 saturated carbocycles. The molecule has 0 aromatic heterocycles. The highest BCUT2D eigenvalue weighted by Gasteiger charge is 1.97. The Bertz CT molecular complexity index is 68.6. The van der Waals surface area contributed by atoms with Crippen molar-refractivity contribution in [2.45, 2.75) is 25.9 Å². The first kappa shape index (κ1) is 9.88. The molecule has 0 aromatic rings. The van der Waals surface area contributed by atoms with Gasteiger partial charge in [0, 0.05) is 13.1 Å². The Morgan fingerprint density at radius 1 is 1.50 bits per heavy atom. The minimum Gasteiger partial charge on any atom is -0.393 e. The van der Waals surface area contributed by atoms with Crippen LogP contribution in [0.3, 0.4) is 0 Å². The molecule has 0 spiro atoms. The van der Waals surface area contributed by atoms with E-state index in [2.05, 4.69) is 5.32 Å². The average molecular weight is 146 g/mol. The van der Waals surface area contributed by atoms with Crippen LogP contribution in [-0.4, -0.2) is 30.8 Å². The van der Waals surface area contributed by atoms with Crippen LogP contribution in [0.4, 0.5) is 0 Å². The van der Waals surface area contributed by atoms with E-state index in [1.54, 1.807) is 0 Å². The molecule has 0 bridgehead atoms. The van der Waals surface area contributed by atoms with E-state index in [9.17, 15) is 0 Å². The first-order valence-corrected chi connectivity index (χ1v) is 3.90. The maximum atomic E-state index is 9.09. The zero-order valence-corrected chi connectivity index (χ0v) is 6.64. The minimum absolute atomic E-state index is 0.148. The lowest BCUT2D eigenvalue weighted by atomic mass is 10.2. The van der Waals surface area contributed by atoms with E-state index in [-0.39, 0.29) is 6.10 Å².